The molecule has 3 aromatic rings. The summed E-state index contributed by atoms with van der Waals surface area (Å²) in [5.74, 6) is 0.487. The quantitative estimate of drug-likeness (QED) is 0.600. The van der Waals surface area contributed by atoms with Crippen LogP contribution in [0.15, 0.2) is 68.7 Å². The third-order valence-corrected chi connectivity index (χ3v) is 4.49. The van der Waals surface area contributed by atoms with Crippen molar-refractivity contribution in [1.82, 2.24) is 9.13 Å². The molecule has 0 aliphatic heterocycles. The average molecular weight is 455 g/mol. The number of aromatic nitrogens is 2. The van der Waals surface area contributed by atoms with Gasteiger partial charge in [0.25, 0.3) is 5.56 Å². The Morgan fingerprint density at radius 1 is 1.04 bits per heavy atom. The Kier molecular flexibility index (Phi) is 5.46. The van der Waals surface area contributed by atoms with E-state index >= 15 is 0 Å². The summed E-state index contributed by atoms with van der Waals surface area (Å²) >= 11 is 3.37. The third-order valence-electron chi connectivity index (χ3n) is 4.00. The zero-order valence-corrected chi connectivity index (χ0v) is 16.1. The minimum Gasteiger partial charge on any atom is -0.489 e. The van der Waals surface area contributed by atoms with Crippen LogP contribution in [0.1, 0.15) is 11.3 Å². The molecule has 0 saturated carbocycles. The molecule has 0 aliphatic rings. The topological polar surface area (TPSA) is 53.2 Å². The predicted molar refractivity (Wildman–Crippen MR) is 101 cm³/mol. The minimum absolute atomic E-state index is 0.147. The lowest BCUT2D eigenvalue weighted by Crippen LogP contribution is -2.40. The largest absolute Gasteiger partial charge is 0.489 e. The Labute approximate surface area is 165 Å². The fraction of sp³-hybridized carbons (Fsp3) is 0.158. The van der Waals surface area contributed by atoms with E-state index in [9.17, 15) is 22.8 Å². The van der Waals surface area contributed by atoms with E-state index in [1.54, 1.807) is 0 Å². The standard InChI is InChI=1S/C19H14BrF3N2O3/c1-24-16(19(21,22)23)10-17(26)25(18(24)27)14-5-7-15(8-6-14)28-11-12-3-2-4-13(20)9-12/h2-10H,11H2,1H3. The van der Waals surface area contributed by atoms with E-state index in [1.807, 2.05) is 24.3 Å². The van der Waals surface area contributed by atoms with Crippen molar-refractivity contribution in [1.29, 1.82) is 0 Å². The molecule has 0 unspecified atom stereocenters. The molecule has 1 heterocycles. The van der Waals surface area contributed by atoms with Gasteiger partial charge in [-0.25, -0.2) is 9.36 Å². The highest BCUT2D eigenvalue weighted by atomic mass is 79.9. The summed E-state index contributed by atoms with van der Waals surface area (Å²) in [6.45, 7) is 0.306. The Morgan fingerprint density at radius 2 is 1.71 bits per heavy atom. The van der Waals surface area contributed by atoms with Crippen molar-refractivity contribution in [2.24, 2.45) is 7.05 Å². The van der Waals surface area contributed by atoms with Gasteiger partial charge in [0.15, 0.2) is 0 Å². The van der Waals surface area contributed by atoms with E-state index in [4.69, 9.17) is 4.74 Å². The van der Waals surface area contributed by atoms with Crippen molar-refractivity contribution in [3.63, 3.8) is 0 Å². The van der Waals surface area contributed by atoms with Crippen LogP contribution in [0.5, 0.6) is 5.75 Å². The van der Waals surface area contributed by atoms with Crippen LogP contribution in [0.4, 0.5) is 13.2 Å². The highest BCUT2D eigenvalue weighted by Crippen LogP contribution is 2.27. The smallest absolute Gasteiger partial charge is 0.431 e. The maximum atomic E-state index is 12.9. The first-order chi connectivity index (χ1) is 13.2. The molecule has 0 N–H and O–H groups in total. The van der Waals surface area contributed by atoms with Crippen LogP contribution >= 0.6 is 15.9 Å². The molecule has 0 bridgehead atoms. The number of halogens is 4. The number of ether oxygens (including phenoxy) is 1. The van der Waals surface area contributed by atoms with Crippen molar-refractivity contribution < 1.29 is 17.9 Å². The lowest BCUT2D eigenvalue weighted by molar-refractivity contribution is -0.144. The van der Waals surface area contributed by atoms with Crippen LogP contribution < -0.4 is 16.0 Å². The number of hydrogen-bond donors (Lipinski definition) is 0. The maximum Gasteiger partial charge on any atom is 0.431 e. The second-order valence-electron chi connectivity index (χ2n) is 5.96. The van der Waals surface area contributed by atoms with Gasteiger partial charge in [-0.2, -0.15) is 13.2 Å². The van der Waals surface area contributed by atoms with Gasteiger partial charge in [0.05, 0.1) is 5.69 Å². The maximum absolute atomic E-state index is 12.9. The lowest BCUT2D eigenvalue weighted by Gasteiger charge is -2.14. The molecule has 0 atom stereocenters. The van der Waals surface area contributed by atoms with Crippen LogP contribution in [0, 0.1) is 0 Å². The van der Waals surface area contributed by atoms with Gasteiger partial charge in [-0.05, 0) is 42.0 Å². The summed E-state index contributed by atoms with van der Waals surface area (Å²) in [4.78, 5) is 24.4. The highest BCUT2D eigenvalue weighted by molar-refractivity contribution is 9.10. The molecule has 9 heteroatoms. The van der Waals surface area contributed by atoms with Gasteiger partial charge in [0.1, 0.15) is 18.1 Å². The molecule has 0 aliphatic carbocycles. The second-order valence-corrected chi connectivity index (χ2v) is 6.87. The molecule has 0 amide bonds. The van der Waals surface area contributed by atoms with Gasteiger partial charge in [0, 0.05) is 17.6 Å². The summed E-state index contributed by atoms with van der Waals surface area (Å²) in [7, 11) is 0.969. The molecule has 0 saturated heterocycles. The Morgan fingerprint density at radius 3 is 2.32 bits per heavy atom. The summed E-state index contributed by atoms with van der Waals surface area (Å²) < 4.78 is 46.4. The minimum atomic E-state index is -4.80. The summed E-state index contributed by atoms with van der Waals surface area (Å²) in [5, 5.41) is 0. The van der Waals surface area contributed by atoms with Crippen LogP contribution in [0.2, 0.25) is 0 Å². The first-order valence-electron chi connectivity index (χ1n) is 8.05. The fourth-order valence-electron chi connectivity index (χ4n) is 2.62. The Hall–Kier alpha value is -2.81. The molecule has 146 valence electrons. The molecule has 2 aromatic carbocycles. The zero-order chi connectivity index (χ0) is 20.5. The summed E-state index contributed by atoms with van der Waals surface area (Å²) in [6, 6.07) is 13.9. The predicted octanol–water partition coefficient (Wildman–Crippen LogP) is 3.90. The van der Waals surface area contributed by atoms with Crippen molar-refractivity contribution in [2.75, 3.05) is 0 Å². The number of benzene rings is 2. The molecule has 28 heavy (non-hydrogen) atoms. The van der Waals surface area contributed by atoms with Gasteiger partial charge in [-0.15, -0.1) is 0 Å². The zero-order valence-electron chi connectivity index (χ0n) is 14.5. The highest BCUT2D eigenvalue weighted by Gasteiger charge is 2.35. The van der Waals surface area contributed by atoms with E-state index in [0.29, 0.717) is 27.6 Å². The van der Waals surface area contributed by atoms with Crippen LogP contribution in [0.25, 0.3) is 5.69 Å². The monoisotopic (exact) mass is 454 g/mol. The first kappa shape index (κ1) is 19.9. The van der Waals surface area contributed by atoms with Crippen molar-refractivity contribution >= 4 is 15.9 Å². The molecular weight excluding hydrogens is 441 g/mol. The number of nitrogens with zero attached hydrogens (tertiary/aromatic N) is 2. The summed E-state index contributed by atoms with van der Waals surface area (Å²) in [6.07, 6.45) is -4.80. The Balaban J connectivity index is 1.87. The molecule has 0 radical (unpaired) electrons. The van der Waals surface area contributed by atoms with E-state index < -0.39 is 23.1 Å². The van der Waals surface area contributed by atoms with E-state index in [0.717, 1.165) is 17.1 Å². The van der Waals surface area contributed by atoms with Crippen molar-refractivity contribution in [2.45, 2.75) is 12.8 Å². The fourth-order valence-corrected chi connectivity index (χ4v) is 3.07. The Bertz CT molecular complexity index is 1120. The van der Waals surface area contributed by atoms with Crippen LogP contribution in [0.3, 0.4) is 0 Å². The SMILES string of the molecule is Cn1c(C(F)(F)F)cc(=O)n(-c2ccc(OCc3cccc(Br)c3)cc2)c1=O. The molecule has 1 aromatic heterocycles. The van der Waals surface area contributed by atoms with Gasteiger partial charge in [-0.3, -0.25) is 9.36 Å². The molecule has 5 nitrogen and oxygen atoms in total. The molecule has 0 fully saturated rings. The average Bonchev–Trinajstić information content (AvgIpc) is 2.63. The van der Waals surface area contributed by atoms with E-state index in [2.05, 4.69) is 15.9 Å². The number of rotatable bonds is 4. The van der Waals surface area contributed by atoms with Crippen LogP contribution in [-0.4, -0.2) is 9.13 Å². The normalized spacial score (nSPS) is 11.5. The van der Waals surface area contributed by atoms with Gasteiger partial charge >= 0.3 is 11.9 Å². The number of hydrogen-bond acceptors (Lipinski definition) is 3. The first-order valence-corrected chi connectivity index (χ1v) is 8.84. The van der Waals surface area contributed by atoms with E-state index in [1.165, 1.54) is 24.3 Å². The second kappa shape index (κ2) is 7.67. The van der Waals surface area contributed by atoms with Gasteiger partial charge in [-0.1, -0.05) is 28.1 Å². The number of alkyl halides is 3. The van der Waals surface area contributed by atoms with Crippen molar-refractivity contribution in [3.8, 4) is 11.4 Å². The van der Waals surface area contributed by atoms with Gasteiger partial charge < -0.3 is 4.74 Å². The van der Waals surface area contributed by atoms with Crippen LogP contribution in [-0.2, 0) is 19.8 Å². The van der Waals surface area contributed by atoms with E-state index in [-0.39, 0.29) is 5.69 Å². The summed E-state index contributed by atoms with van der Waals surface area (Å²) in [5.41, 5.74) is -2.35. The molecular formula is C19H14BrF3N2O3. The van der Waals surface area contributed by atoms with Gasteiger partial charge in [0.2, 0.25) is 0 Å². The third kappa shape index (κ3) is 4.19. The molecule has 3 rings (SSSR count). The van der Waals surface area contributed by atoms with Crippen molar-refractivity contribution in [3.05, 3.63) is 91.2 Å². The lowest BCUT2D eigenvalue weighted by atomic mass is 10.2. The molecule has 0 spiro atoms.